The number of hydrogen-bond acceptors (Lipinski definition) is 3. The SMILES string of the molecule is CC(C)c1cccc(NC(=O)C2(N)C3CCCOC3C2(C)C)c1.Cl. The molecule has 0 aromatic heterocycles. The summed E-state index contributed by atoms with van der Waals surface area (Å²) in [4.78, 5) is 13.0. The molecular formula is C19H29ClN2O2. The van der Waals surface area contributed by atoms with Crippen molar-refractivity contribution in [2.24, 2.45) is 17.1 Å². The Balaban J connectivity index is 0.00000208. The summed E-state index contributed by atoms with van der Waals surface area (Å²) in [5.41, 5.74) is 7.44. The van der Waals surface area contributed by atoms with Crippen molar-refractivity contribution >= 4 is 24.0 Å². The van der Waals surface area contributed by atoms with Crippen LogP contribution in [0.5, 0.6) is 0 Å². The van der Waals surface area contributed by atoms with Crippen molar-refractivity contribution in [1.82, 2.24) is 0 Å². The van der Waals surface area contributed by atoms with Crippen LogP contribution in [0.3, 0.4) is 0 Å². The lowest BCUT2D eigenvalue weighted by Gasteiger charge is -2.65. The number of fused-ring (bicyclic) bond motifs is 1. The number of amides is 1. The Labute approximate surface area is 150 Å². The van der Waals surface area contributed by atoms with E-state index in [0.717, 1.165) is 25.1 Å². The van der Waals surface area contributed by atoms with Crippen LogP contribution in [0.4, 0.5) is 5.69 Å². The van der Waals surface area contributed by atoms with Gasteiger partial charge in [-0.25, -0.2) is 0 Å². The monoisotopic (exact) mass is 352 g/mol. The van der Waals surface area contributed by atoms with Gasteiger partial charge in [-0.1, -0.05) is 39.8 Å². The number of benzene rings is 1. The van der Waals surface area contributed by atoms with Crippen molar-refractivity contribution in [2.45, 2.75) is 58.1 Å². The van der Waals surface area contributed by atoms with Crippen molar-refractivity contribution in [3.63, 3.8) is 0 Å². The van der Waals surface area contributed by atoms with E-state index in [-0.39, 0.29) is 35.8 Å². The van der Waals surface area contributed by atoms with Crippen LogP contribution in [0.2, 0.25) is 0 Å². The third kappa shape index (κ3) is 2.75. The molecule has 2 fully saturated rings. The highest BCUT2D eigenvalue weighted by Gasteiger charge is 2.70. The predicted molar refractivity (Wildman–Crippen MR) is 99.6 cm³/mol. The molecule has 1 aliphatic heterocycles. The van der Waals surface area contributed by atoms with Gasteiger partial charge in [-0.15, -0.1) is 12.4 Å². The van der Waals surface area contributed by atoms with E-state index in [1.165, 1.54) is 5.56 Å². The Morgan fingerprint density at radius 2 is 2.08 bits per heavy atom. The zero-order valence-corrected chi connectivity index (χ0v) is 15.8. The highest BCUT2D eigenvalue weighted by Crippen LogP contribution is 2.57. The first-order valence-electron chi connectivity index (χ1n) is 8.60. The van der Waals surface area contributed by atoms with Crippen LogP contribution in [0.25, 0.3) is 0 Å². The quantitative estimate of drug-likeness (QED) is 0.871. The van der Waals surface area contributed by atoms with Crippen LogP contribution in [0.1, 0.15) is 52.0 Å². The van der Waals surface area contributed by atoms with Gasteiger partial charge in [0.15, 0.2) is 0 Å². The fourth-order valence-electron chi connectivity index (χ4n) is 4.25. The Kier molecular flexibility index (Phi) is 5.34. The van der Waals surface area contributed by atoms with E-state index in [1.807, 2.05) is 32.0 Å². The lowest BCUT2D eigenvalue weighted by molar-refractivity contribution is -0.222. The molecule has 3 unspecified atom stereocenters. The van der Waals surface area contributed by atoms with E-state index >= 15 is 0 Å². The molecule has 134 valence electrons. The van der Waals surface area contributed by atoms with E-state index < -0.39 is 5.54 Å². The van der Waals surface area contributed by atoms with Crippen molar-refractivity contribution in [3.05, 3.63) is 29.8 Å². The molecule has 3 rings (SSSR count). The lowest BCUT2D eigenvalue weighted by atomic mass is 9.46. The van der Waals surface area contributed by atoms with E-state index in [9.17, 15) is 4.79 Å². The van der Waals surface area contributed by atoms with Crippen molar-refractivity contribution < 1.29 is 9.53 Å². The fourth-order valence-corrected chi connectivity index (χ4v) is 4.25. The first-order chi connectivity index (χ1) is 10.8. The second kappa shape index (κ2) is 6.66. The van der Waals surface area contributed by atoms with Gasteiger partial charge in [0.2, 0.25) is 5.91 Å². The van der Waals surface area contributed by atoms with E-state index in [0.29, 0.717) is 5.92 Å². The largest absolute Gasteiger partial charge is 0.377 e. The Bertz CT molecular complexity index is 617. The van der Waals surface area contributed by atoms with Crippen molar-refractivity contribution in [1.29, 1.82) is 0 Å². The molecule has 24 heavy (non-hydrogen) atoms. The number of carbonyl (C=O) groups is 1. The molecule has 1 saturated heterocycles. The molecule has 1 amide bonds. The van der Waals surface area contributed by atoms with Crippen LogP contribution in [-0.2, 0) is 9.53 Å². The first-order valence-corrected chi connectivity index (χ1v) is 8.60. The van der Waals surface area contributed by atoms with Crippen molar-refractivity contribution in [2.75, 3.05) is 11.9 Å². The van der Waals surface area contributed by atoms with Gasteiger partial charge in [0.25, 0.3) is 0 Å². The van der Waals surface area contributed by atoms with Gasteiger partial charge in [0.1, 0.15) is 5.54 Å². The summed E-state index contributed by atoms with van der Waals surface area (Å²) < 4.78 is 5.88. The second-order valence-corrected chi connectivity index (χ2v) is 7.87. The summed E-state index contributed by atoms with van der Waals surface area (Å²) in [5.74, 6) is 0.449. The Hall–Kier alpha value is -1.10. The number of ether oxygens (including phenoxy) is 1. The number of hydrogen-bond donors (Lipinski definition) is 2. The molecule has 4 nitrogen and oxygen atoms in total. The summed E-state index contributed by atoms with van der Waals surface area (Å²) in [7, 11) is 0. The predicted octanol–water partition coefficient (Wildman–Crippen LogP) is 3.70. The van der Waals surface area contributed by atoms with Crippen LogP contribution >= 0.6 is 12.4 Å². The Morgan fingerprint density at radius 1 is 1.38 bits per heavy atom. The van der Waals surface area contributed by atoms with Gasteiger partial charge < -0.3 is 15.8 Å². The van der Waals surface area contributed by atoms with E-state index in [1.54, 1.807) is 0 Å². The molecule has 1 aromatic rings. The van der Waals surface area contributed by atoms with Crippen molar-refractivity contribution in [3.8, 4) is 0 Å². The first kappa shape index (κ1) is 19.2. The average molecular weight is 353 g/mol. The molecule has 0 bridgehead atoms. The highest BCUT2D eigenvalue weighted by atomic mass is 35.5. The summed E-state index contributed by atoms with van der Waals surface area (Å²) in [6, 6.07) is 8.02. The van der Waals surface area contributed by atoms with Gasteiger partial charge in [0, 0.05) is 23.6 Å². The maximum Gasteiger partial charge on any atom is 0.245 e. The molecule has 1 aliphatic carbocycles. The highest BCUT2D eigenvalue weighted by molar-refractivity contribution is 6.00. The fraction of sp³-hybridized carbons (Fsp3) is 0.632. The molecule has 5 heteroatoms. The molecule has 1 saturated carbocycles. The van der Waals surface area contributed by atoms with Crippen LogP contribution in [-0.4, -0.2) is 24.2 Å². The normalized spacial score (nSPS) is 30.8. The van der Waals surface area contributed by atoms with Gasteiger partial charge in [0.05, 0.1) is 6.10 Å². The molecule has 1 heterocycles. The lowest BCUT2D eigenvalue weighted by Crippen LogP contribution is -2.81. The minimum Gasteiger partial charge on any atom is -0.377 e. The van der Waals surface area contributed by atoms with Gasteiger partial charge in [-0.2, -0.15) is 0 Å². The number of rotatable bonds is 3. The third-order valence-corrected chi connectivity index (χ3v) is 5.87. The zero-order valence-electron chi connectivity index (χ0n) is 15.0. The number of nitrogens with one attached hydrogen (secondary N) is 1. The number of halogens is 1. The molecule has 3 atom stereocenters. The average Bonchev–Trinajstić information content (AvgIpc) is 2.54. The summed E-state index contributed by atoms with van der Waals surface area (Å²) in [6.07, 6.45) is 2.03. The topological polar surface area (TPSA) is 64.4 Å². The summed E-state index contributed by atoms with van der Waals surface area (Å²) in [6.45, 7) is 9.15. The van der Waals surface area contributed by atoms with Gasteiger partial charge >= 0.3 is 0 Å². The molecule has 3 N–H and O–H groups in total. The smallest absolute Gasteiger partial charge is 0.245 e. The molecule has 2 aliphatic rings. The molecule has 0 spiro atoms. The Morgan fingerprint density at radius 3 is 2.75 bits per heavy atom. The molecule has 1 aromatic carbocycles. The van der Waals surface area contributed by atoms with E-state index in [4.69, 9.17) is 10.5 Å². The third-order valence-electron chi connectivity index (χ3n) is 5.87. The maximum absolute atomic E-state index is 13.0. The molecular weight excluding hydrogens is 324 g/mol. The minimum atomic E-state index is -0.869. The molecule has 0 radical (unpaired) electrons. The van der Waals surface area contributed by atoms with Crippen LogP contribution in [0.15, 0.2) is 24.3 Å². The maximum atomic E-state index is 13.0. The van der Waals surface area contributed by atoms with Gasteiger partial charge in [-0.05, 0) is 36.5 Å². The summed E-state index contributed by atoms with van der Waals surface area (Å²) in [5, 5.41) is 3.05. The second-order valence-electron chi connectivity index (χ2n) is 7.87. The van der Waals surface area contributed by atoms with E-state index in [2.05, 4.69) is 25.2 Å². The van der Waals surface area contributed by atoms with Crippen LogP contribution < -0.4 is 11.1 Å². The zero-order chi connectivity index (χ0) is 16.8. The number of anilines is 1. The number of nitrogens with two attached hydrogens (primary N) is 1. The summed E-state index contributed by atoms with van der Waals surface area (Å²) >= 11 is 0. The standard InChI is InChI=1S/C19H28N2O2.ClH/c1-12(2)13-7-5-8-14(11-13)21-17(22)19(20)15-9-6-10-23-16(15)18(19,3)4;/h5,7-8,11-12,15-16H,6,9-10,20H2,1-4H3,(H,21,22);1H. The minimum absolute atomic E-state index is 0. The number of carbonyl (C=O) groups excluding carboxylic acids is 1. The van der Waals surface area contributed by atoms with Gasteiger partial charge in [-0.3, -0.25) is 4.79 Å². The van der Waals surface area contributed by atoms with Crippen LogP contribution in [0, 0.1) is 11.3 Å².